The molecular formula is C18H28N2O7S. The molecule has 0 bridgehead atoms. The highest BCUT2D eigenvalue weighted by Crippen LogP contribution is 2.25. The van der Waals surface area contributed by atoms with Crippen LogP contribution in [0.4, 0.5) is 0 Å². The number of carboxylic acid groups (broad SMARTS) is 1. The van der Waals surface area contributed by atoms with E-state index in [1.54, 1.807) is 7.11 Å². The first-order valence-corrected chi connectivity index (χ1v) is 10.9. The Balaban J connectivity index is 1.93. The molecule has 10 heteroatoms. The molecule has 0 spiro atoms. The van der Waals surface area contributed by atoms with Gasteiger partial charge in [0.25, 0.3) is 10.0 Å². The molecule has 9 nitrogen and oxygen atoms in total. The van der Waals surface area contributed by atoms with E-state index in [-0.39, 0.29) is 31.0 Å². The maximum Gasteiger partial charge on any atom is 0.371 e. The number of piperidine rings is 1. The number of carboxylic acids is 1. The number of furan rings is 1. The normalized spacial score (nSPS) is 17.4. The first-order chi connectivity index (χ1) is 13.3. The van der Waals surface area contributed by atoms with Crippen molar-refractivity contribution in [3.05, 3.63) is 17.9 Å². The molecule has 0 saturated carbocycles. The van der Waals surface area contributed by atoms with Gasteiger partial charge in [0.05, 0.1) is 12.6 Å². The van der Waals surface area contributed by atoms with E-state index in [1.807, 2.05) is 0 Å². The van der Waals surface area contributed by atoms with Crippen molar-refractivity contribution in [2.24, 2.45) is 5.92 Å². The quantitative estimate of drug-likeness (QED) is 0.594. The van der Waals surface area contributed by atoms with Crippen molar-refractivity contribution in [2.75, 3.05) is 26.8 Å². The lowest BCUT2D eigenvalue weighted by atomic mass is 9.96. The van der Waals surface area contributed by atoms with E-state index >= 15 is 0 Å². The van der Waals surface area contributed by atoms with Crippen LogP contribution in [-0.2, 0) is 19.6 Å². The number of sulfonamides is 1. The van der Waals surface area contributed by atoms with E-state index in [0.717, 1.165) is 31.4 Å². The summed E-state index contributed by atoms with van der Waals surface area (Å²) in [4.78, 5) is 23.4. The van der Waals surface area contributed by atoms with Crippen LogP contribution in [0.2, 0.25) is 0 Å². The highest BCUT2D eigenvalue weighted by Gasteiger charge is 2.34. The molecule has 0 aromatic carbocycles. The summed E-state index contributed by atoms with van der Waals surface area (Å²) in [5, 5.41) is 11.5. The number of carbonyl (C=O) groups excluding carboxylic acids is 1. The predicted octanol–water partition coefficient (Wildman–Crippen LogP) is 1.70. The predicted molar refractivity (Wildman–Crippen MR) is 100 cm³/mol. The number of hydrogen-bond donors (Lipinski definition) is 2. The summed E-state index contributed by atoms with van der Waals surface area (Å²) < 4.78 is 36.5. The van der Waals surface area contributed by atoms with Gasteiger partial charge in [0.2, 0.25) is 16.8 Å². The zero-order valence-electron chi connectivity index (χ0n) is 16.2. The second-order valence-corrected chi connectivity index (χ2v) is 8.77. The summed E-state index contributed by atoms with van der Waals surface area (Å²) >= 11 is 0. The van der Waals surface area contributed by atoms with Gasteiger partial charge in [-0.15, -0.1) is 0 Å². The third-order valence-electron chi connectivity index (χ3n) is 4.83. The molecule has 1 atom stereocenters. The van der Waals surface area contributed by atoms with Crippen LogP contribution >= 0.6 is 0 Å². The zero-order valence-corrected chi connectivity index (χ0v) is 17.0. The van der Waals surface area contributed by atoms with E-state index in [4.69, 9.17) is 14.3 Å². The maximum atomic E-state index is 12.6. The van der Waals surface area contributed by atoms with Gasteiger partial charge in [0, 0.05) is 26.1 Å². The second-order valence-electron chi connectivity index (χ2n) is 6.91. The van der Waals surface area contributed by atoms with Gasteiger partial charge in [-0.2, -0.15) is 4.31 Å². The van der Waals surface area contributed by atoms with Gasteiger partial charge in [-0.3, -0.25) is 4.79 Å². The molecule has 2 heterocycles. The minimum Gasteiger partial charge on any atom is -0.475 e. The van der Waals surface area contributed by atoms with E-state index in [2.05, 4.69) is 12.2 Å². The van der Waals surface area contributed by atoms with E-state index in [0.29, 0.717) is 19.4 Å². The van der Waals surface area contributed by atoms with Crippen molar-refractivity contribution in [1.29, 1.82) is 0 Å². The van der Waals surface area contributed by atoms with Gasteiger partial charge in [-0.05, 0) is 31.4 Å². The maximum absolute atomic E-state index is 12.6. The molecule has 0 unspecified atom stereocenters. The minimum atomic E-state index is -3.92. The van der Waals surface area contributed by atoms with Crippen molar-refractivity contribution in [2.45, 2.75) is 50.2 Å². The molecule has 2 rings (SSSR count). The molecule has 158 valence electrons. The van der Waals surface area contributed by atoms with Crippen molar-refractivity contribution in [3.8, 4) is 0 Å². The summed E-state index contributed by atoms with van der Waals surface area (Å²) in [6.07, 6.45) is 3.65. The number of carbonyl (C=O) groups is 2. The van der Waals surface area contributed by atoms with E-state index in [1.165, 1.54) is 4.31 Å². The summed E-state index contributed by atoms with van der Waals surface area (Å²) in [6.45, 7) is 2.88. The minimum absolute atomic E-state index is 0.0447. The molecule has 1 amide bonds. The molecule has 1 aromatic heterocycles. The Labute approximate surface area is 165 Å². The lowest BCUT2D eigenvalue weighted by Gasteiger charge is -2.30. The van der Waals surface area contributed by atoms with Crippen LogP contribution in [0.1, 0.15) is 49.6 Å². The molecule has 2 N–H and O–H groups in total. The lowest BCUT2D eigenvalue weighted by molar-refractivity contribution is -0.127. The van der Waals surface area contributed by atoms with Gasteiger partial charge >= 0.3 is 5.97 Å². The number of unbranched alkanes of at least 4 members (excludes halogenated alkanes) is 1. The topological polar surface area (TPSA) is 126 Å². The molecule has 1 saturated heterocycles. The third-order valence-corrected chi connectivity index (χ3v) is 6.60. The van der Waals surface area contributed by atoms with Crippen LogP contribution in [0.15, 0.2) is 21.6 Å². The summed E-state index contributed by atoms with van der Waals surface area (Å²) in [6, 6.07) is 2.21. The van der Waals surface area contributed by atoms with Gasteiger partial charge in [0.15, 0.2) is 0 Å². The highest BCUT2D eigenvalue weighted by molar-refractivity contribution is 7.89. The molecule has 1 fully saturated rings. The molecule has 28 heavy (non-hydrogen) atoms. The Morgan fingerprint density at radius 3 is 2.57 bits per heavy atom. The van der Waals surface area contributed by atoms with Crippen LogP contribution in [0.25, 0.3) is 0 Å². The Kier molecular flexibility index (Phi) is 8.02. The Bertz CT molecular complexity index is 767. The van der Waals surface area contributed by atoms with Crippen molar-refractivity contribution >= 4 is 21.9 Å². The number of nitrogens with zero attached hydrogens (tertiary/aromatic N) is 1. The summed E-state index contributed by atoms with van der Waals surface area (Å²) in [5.41, 5.74) is 0. The number of nitrogens with one attached hydrogen (secondary N) is 1. The molecular weight excluding hydrogens is 388 g/mol. The summed E-state index contributed by atoms with van der Waals surface area (Å²) in [5.74, 6) is -2.10. The van der Waals surface area contributed by atoms with Crippen LogP contribution in [-0.4, -0.2) is 62.6 Å². The van der Waals surface area contributed by atoms with Gasteiger partial charge in [-0.1, -0.05) is 19.8 Å². The van der Waals surface area contributed by atoms with Crippen molar-refractivity contribution in [1.82, 2.24) is 9.62 Å². The SMILES string of the molecule is CCCC[C@H](COC)NC(=O)C1CCN(S(=O)(=O)c2ccc(C(=O)O)o2)CC1. The fourth-order valence-electron chi connectivity index (χ4n) is 3.23. The zero-order chi connectivity index (χ0) is 20.7. The monoisotopic (exact) mass is 416 g/mol. The molecule has 1 aliphatic rings. The van der Waals surface area contributed by atoms with Crippen LogP contribution in [0.5, 0.6) is 0 Å². The largest absolute Gasteiger partial charge is 0.475 e. The Hall–Kier alpha value is -1.91. The molecule has 0 aliphatic carbocycles. The van der Waals surface area contributed by atoms with Crippen LogP contribution in [0, 0.1) is 5.92 Å². The number of ether oxygens (including phenoxy) is 1. The van der Waals surface area contributed by atoms with Crippen LogP contribution < -0.4 is 5.32 Å². The van der Waals surface area contributed by atoms with E-state index < -0.39 is 26.8 Å². The van der Waals surface area contributed by atoms with Crippen LogP contribution in [0.3, 0.4) is 0 Å². The highest BCUT2D eigenvalue weighted by atomic mass is 32.2. The number of methoxy groups -OCH3 is 1. The number of hydrogen-bond acceptors (Lipinski definition) is 6. The molecule has 1 aromatic rings. The average molecular weight is 416 g/mol. The fourth-order valence-corrected chi connectivity index (χ4v) is 4.61. The molecule has 1 aliphatic heterocycles. The lowest BCUT2D eigenvalue weighted by Crippen LogP contribution is -2.46. The number of amides is 1. The second kappa shape index (κ2) is 10.0. The van der Waals surface area contributed by atoms with Gasteiger partial charge in [0.1, 0.15) is 0 Å². The van der Waals surface area contributed by atoms with E-state index in [9.17, 15) is 18.0 Å². The van der Waals surface area contributed by atoms with Crippen molar-refractivity contribution in [3.63, 3.8) is 0 Å². The molecule has 0 radical (unpaired) electrons. The third kappa shape index (κ3) is 5.55. The summed E-state index contributed by atoms with van der Waals surface area (Å²) in [7, 11) is -2.32. The fraction of sp³-hybridized carbons (Fsp3) is 0.667. The average Bonchev–Trinajstić information content (AvgIpc) is 3.18. The number of rotatable bonds is 10. The first-order valence-electron chi connectivity index (χ1n) is 9.42. The Morgan fingerprint density at radius 1 is 1.36 bits per heavy atom. The van der Waals surface area contributed by atoms with Gasteiger partial charge in [-0.25, -0.2) is 13.2 Å². The Morgan fingerprint density at radius 2 is 2.04 bits per heavy atom. The standard InChI is InChI=1S/C18H28N2O7S/c1-3-4-5-14(12-26-2)19-17(21)13-8-10-20(11-9-13)28(24,25)16-7-6-15(27-16)18(22)23/h6-7,13-14H,3-5,8-12H2,1-2H3,(H,19,21)(H,22,23)/t14-/m1/s1. The smallest absolute Gasteiger partial charge is 0.371 e. The van der Waals surface area contributed by atoms with Crippen molar-refractivity contribution < 1.29 is 32.3 Å². The number of aromatic carboxylic acids is 1. The van der Waals surface area contributed by atoms with Gasteiger partial charge < -0.3 is 19.6 Å². The first kappa shape index (κ1) is 22.4.